The summed E-state index contributed by atoms with van der Waals surface area (Å²) in [5, 5.41) is 7.47. The van der Waals surface area contributed by atoms with E-state index >= 15 is 0 Å². The second-order valence-electron chi connectivity index (χ2n) is 4.37. The third-order valence-electron chi connectivity index (χ3n) is 3.09. The summed E-state index contributed by atoms with van der Waals surface area (Å²) >= 11 is 0. The van der Waals surface area contributed by atoms with E-state index in [9.17, 15) is 0 Å². The summed E-state index contributed by atoms with van der Waals surface area (Å²) in [7, 11) is 0. The molecule has 0 unspecified atom stereocenters. The van der Waals surface area contributed by atoms with E-state index in [1.54, 1.807) is 0 Å². The van der Waals surface area contributed by atoms with Crippen molar-refractivity contribution < 1.29 is 4.74 Å². The molecule has 0 aromatic heterocycles. The van der Waals surface area contributed by atoms with Crippen LogP contribution in [0.5, 0.6) is 0 Å². The molecule has 0 atom stereocenters. The van der Waals surface area contributed by atoms with Crippen LogP contribution in [0.1, 0.15) is 17.5 Å². The molecule has 0 aliphatic carbocycles. The molecule has 1 aromatic carbocycles. The number of benzene rings is 1. The van der Waals surface area contributed by atoms with Gasteiger partial charge in [0, 0.05) is 30.9 Å². The maximum absolute atomic E-state index is 7.47. The van der Waals surface area contributed by atoms with Crippen molar-refractivity contribution in [1.82, 2.24) is 0 Å². The van der Waals surface area contributed by atoms with Crippen molar-refractivity contribution in [3.8, 4) is 0 Å². The highest BCUT2D eigenvalue weighted by molar-refractivity contribution is 5.96. The fourth-order valence-electron chi connectivity index (χ4n) is 2.15. The zero-order valence-electron chi connectivity index (χ0n) is 10.2. The molecule has 0 spiro atoms. The van der Waals surface area contributed by atoms with Crippen LogP contribution >= 0.6 is 0 Å². The molecule has 1 saturated heterocycles. The first-order valence-corrected chi connectivity index (χ1v) is 5.96. The van der Waals surface area contributed by atoms with Gasteiger partial charge in [0.15, 0.2) is 0 Å². The summed E-state index contributed by atoms with van der Waals surface area (Å²) in [5.41, 5.74) is 8.59. The maximum atomic E-state index is 7.47. The van der Waals surface area contributed by atoms with Crippen LogP contribution < -0.4 is 10.6 Å². The van der Waals surface area contributed by atoms with Gasteiger partial charge in [0.25, 0.3) is 0 Å². The van der Waals surface area contributed by atoms with Gasteiger partial charge in [0.05, 0.1) is 6.61 Å². The summed E-state index contributed by atoms with van der Waals surface area (Å²) in [5.74, 6) is 0.133. The normalized spacial score (nSPS) is 16.6. The van der Waals surface area contributed by atoms with Crippen LogP contribution in [0.2, 0.25) is 0 Å². The minimum atomic E-state index is 0.133. The standard InChI is InChI=1S/C13H19N3O/c1-10-9-11(3-4-12(10)13(14)15)16-5-2-7-17-8-6-16/h3-4,9H,2,5-8H2,1H3,(H3,14,15). The molecular formula is C13H19N3O. The van der Waals surface area contributed by atoms with Crippen molar-refractivity contribution in [3.63, 3.8) is 0 Å². The zero-order chi connectivity index (χ0) is 12.3. The van der Waals surface area contributed by atoms with Crippen molar-refractivity contribution in [2.24, 2.45) is 5.73 Å². The summed E-state index contributed by atoms with van der Waals surface area (Å²) in [4.78, 5) is 2.32. The fraction of sp³-hybridized carbons (Fsp3) is 0.462. The van der Waals surface area contributed by atoms with E-state index in [1.165, 1.54) is 5.69 Å². The average molecular weight is 233 g/mol. The number of rotatable bonds is 2. The van der Waals surface area contributed by atoms with E-state index in [2.05, 4.69) is 11.0 Å². The lowest BCUT2D eigenvalue weighted by molar-refractivity contribution is 0.152. The average Bonchev–Trinajstić information content (AvgIpc) is 2.56. The predicted octanol–water partition coefficient (Wildman–Crippen LogP) is 1.51. The molecule has 4 heteroatoms. The zero-order valence-corrected chi connectivity index (χ0v) is 10.2. The van der Waals surface area contributed by atoms with Crippen molar-refractivity contribution in [3.05, 3.63) is 29.3 Å². The Hall–Kier alpha value is -1.55. The van der Waals surface area contributed by atoms with Gasteiger partial charge in [-0.05, 0) is 37.1 Å². The smallest absolute Gasteiger partial charge is 0.123 e. The summed E-state index contributed by atoms with van der Waals surface area (Å²) in [6, 6.07) is 6.07. The molecule has 0 saturated carbocycles. The highest BCUT2D eigenvalue weighted by atomic mass is 16.5. The molecule has 1 heterocycles. The van der Waals surface area contributed by atoms with E-state index < -0.39 is 0 Å². The Morgan fingerprint density at radius 1 is 1.35 bits per heavy atom. The predicted molar refractivity (Wildman–Crippen MR) is 69.8 cm³/mol. The van der Waals surface area contributed by atoms with Crippen LogP contribution in [0.15, 0.2) is 18.2 Å². The molecule has 0 amide bonds. The van der Waals surface area contributed by atoms with Crippen molar-refractivity contribution in [1.29, 1.82) is 5.41 Å². The lowest BCUT2D eigenvalue weighted by atomic mass is 10.1. The van der Waals surface area contributed by atoms with E-state index in [1.807, 2.05) is 19.1 Å². The Labute approximate surface area is 102 Å². The van der Waals surface area contributed by atoms with Gasteiger partial charge in [-0.25, -0.2) is 0 Å². The molecule has 92 valence electrons. The minimum absolute atomic E-state index is 0.133. The molecule has 1 aliphatic rings. The second-order valence-corrected chi connectivity index (χ2v) is 4.37. The van der Waals surface area contributed by atoms with Gasteiger partial charge in [-0.1, -0.05) is 0 Å². The number of nitrogens with two attached hydrogens (primary N) is 1. The molecule has 3 N–H and O–H groups in total. The van der Waals surface area contributed by atoms with Crippen LogP contribution in [0.4, 0.5) is 5.69 Å². The van der Waals surface area contributed by atoms with Crippen molar-refractivity contribution in [2.75, 3.05) is 31.2 Å². The van der Waals surface area contributed by atoms with Crippen LogP contribution in [0.3, 0.4) is 0 Å². The van der Waals surface area contributed by atoms with Gasteiger partial charge in [-0.15, -0.1) is 0 Å². The van der Waals surface area contributed by atoms with Gasteiger partial charge in [0.1, 0.15) is 5.84 Å². The Balaban J connectivity index is 2.21. The summed E-state index contributed by atoms with van der Waals surface area (Å²) in [6.07, 6.45) is 1.06. The number of nitrogen functional groups attached to an aromatic ring is 1. The molecule has 1 aromatic rings. The number of aryl methyl sites for hydroxylation is 1. The largest absolute Gasteiger partial charge is 0.384 e. The van der Waals surface area contributed by atoms with Gasteiger partial charge in [-0.2, -0.15) is 0 Å². The molecule has 1 fully saturated rings. The quantitative estimate of drug-likeness (QED) is 0.601. The fourth-order valence-corrected chi connectivity index (χ4v) is 2.15. The van der Waals surface area contributed by atoms with E-state index in [0.29, 0.717) is 0 Å². The first-order chi connectivity index (χ1) is 8.18. The molecule has 0 bridgehead atoms. The summed E-state index contributed by atoms with van der Waals surface area (Å²) in [6.45, 7) is 5.58. The Morgan fingerprint density at radius 2 is 2.18 bits per heavy atom. The van der Waals surface area contributed by atoms with Crippen LogP contribution in [0, 0.1) is 12.3 Å². The molecule has 2 rings (SSSR count). The van der Waals surface area contributed by atoms with E-state index in [4.69, 9.17) is 15.9 Å². The Morgan fingerprint density at radius 3 is 2.88 bits per heavy atom. The number of nitrogens with one attached hydrogen (secondary N) is 1. The van der Waals surface area contributed by atoms with Crippen molar-refractivity contribution >= 4 is 11.5 Å². The van der Waals surface area contributed by atoms with Gasteiger partial charge in [-0.3, -0.25) is 5.41 Å². The van der Waals surface area contributed by atoms with Crippen molar-refractivity contribution in [2.45, 2.75) is 13.3 Å². The number of hydrogen-bond donors (Lipinski definition) is 2. The SMILES string of the molecule is Cc1cc(N2CCCOCC2)ccc1C(=N)N. The van der Waals surface area contributed by atoms with Crippen LogP contribution in [-0.4, -0.2) is 32.1 Å². The molecule has 0 radical (unpaired) electrons. The number of nitrogens with zero attached hydrogens (tertiary/aromatic N) is 1. The Kier molecular flexibility index (Phi) is 3.64. The van der Waals surface area contributed by atoms with E-state index in [0.717, 1.165) is 43.9 Å². The maximum Gasteiger partial charge on any atom is 0.123 e. The third-order valence-corrected chi connectivity index (χ3v) is 3.09. The first kappa shape index (κ1) is 11.9. The number of hydrogen-bond acceptors (Lipinski definition) is 3. The van der Waals surface area contributed by atoms with Gasteiger partial charge in [0.2, 0.25) is 0 Å². The number of anilines is 1. The molecule has 4 nitrogen and oxygen atoms in total. The summed E-state index contributed by atoms with van der Waals surface area (Å²) < 4.78 is 5.44. The molecule has 1 aliphatic heterocycles. The van der Waals surface area contributed by atoms with Crippen LogP contribution in [0.25, 0.3) is 0 Å². The Bertz CT molecular complexity index is 409. The second kappa shape index (κ2) is 5.19. The third kappa shape index (κ3) is 2.77. The lowest BCUT2D eigenvalue weighted by Crippen LogP contribution is -2.26. The van der Waals surface area contributed by atoms with Gasteiger partial charge < -0.3 is 15.4 Å². The monoisotopic (exact) mass is 233 g/mol. The molecule has 17 heavy (non-hydrogen) atoms. The minimum Gasteiger partial charge on any atom is -0.384 e. The highest BCUT2D eigenvalue weighted by Crippen LogP contribution is 2.20. The highest BCUT2D eigenvalue weighted by Gasteiger charge is 2.11. The topological polar surface area (TPSA) is 62.3 Å². The molecular weight excluding hydrogens is 214 g/mol. The lowest BCUT2D eigenvalue weighted by Gasteiger charge is -2.22. The number of ether oxygens (including phenoxy) is 1. The van der Waals surface area contributed by atoms with E-state index in [-0.39, 0.29) is 5.84 Å². The number of amidine groups is 1. The first-order valence-electron chi connectivity index (χ1n) is 5.96. The van der Waals surface area contributed by atoms with Gasteiger partial charge >= 0.3 is 0 Å². The van der Waals surface area contributed by atoms with Crippen LogP contribution in [-0.2, 0) is 4.74 Å².